The number of aliphatic hydroxyl groups is 1. The summed E-state index contributed by atoms with van der Waals surface area (Å²) in [5.41, 5.74) is 1.85. The van der Waals surface area contributed by atoms with Crippen LogP contribution in [0.25, 0.3) is 10.9 Å². The first-order chi connectivity index (χ1) is 11.7. The molecule has 1 N–H and O–H groups in total. The van der Waals surface area contributed by atoms with E-state index in [1.165, 1.54) is 6.42 Å². The van der Waals surface area contributed by atoms with Crippen molar-refractivity contribution in [3.63, 3.8) is 0 Å². The molecule has 0 saturated carbocycles. The number of fused-ring (bicyclic) bond motifs is 4. The highest BCUT2D eigenvalue weighted by Gasteiger charge is 2.42. The molecule has 126 valence electrons. The summed E-state index contributed by atoms with van der Waals surface area (Å²) in [5.74, 6) is 2.01. The number of aromatic nitrogens is 1. The number of nitrogens with zero attached hydrogens (tertiary/aromatic N) is 2. The van der Waals surface area contributed by atoms with Crippen LogP contribution < -0.4 is 4.74 Å². The minimum atomic E-state index is -0.504. The molecule has 0 amide bonds. The van der Waals surface area contributed by atoms with Crippen LogP contribution in [0.15, 0.2) is 43.1 Å². The summed E-state index contributed by atoms with van der Waals surface area (Å²) < 4.78 is 5.35. The summed E-state index contributed by atoms with van der Waals surface area (Å²) in [6.07, 6.45) is 5.62. The molecule has 5 rings (SSSR count). The fourth-order valence-electron chi connectivity index (χ4n) is 4.44. The molecule has 3 saturated heterocycles. The quantitative estimate of drug-likeness (QED) is 0.878. The lowest BCUT2D eigenvalue weighted by atomic mass is 9.73. The summed E-state index contributed by atoms with van der Waals surface area (Å²) in [6, 6.07) is 7.96. The molecule has 3 fully saturated rings. The number of rotatable bonds is 4. The predicted molar refractivity (Wildman–Crippen MR) is 95.0 cm³/mol. The topological polar surface area (TPSA) is 45.6 Å². The van der Waals surface area contributed by atoms with Crippen molar-refractivity contribution < 1.29 is 9.84 Å². The number of ether oxygens (including phenoxy) is 1. The molecule has 4 heteroatoms. The first-order valence-corrected chi connectivity index (χ1v) is 8.68. The summed E-state index contributed by atoms with van der Waals surface area (Å²) in [7, 11) is 1.66. The van der Waals surface area contributed by atoms with E-state index in [-0.39, 0.29) is 6.04 Å². The summed E-state index contributed by atoms with van der Waals surface area (Å²) in [5, 5.41) is 12.1. The van der Waals surface area contributed by atoms with Crippen molar-refractivity contribution in [3.8, 4) is 5.75 Å². The standard InChI is InChI=1S/C20H24N2O2/c1-3-13-12-22-9-7-14(13)10-19(22)20(23)16-6-8-21-18-5-4-15(24-2)11-17(16)18/h3-6,8,11,13-14,19-20,23H,1,7,9-10,12H2,2H3/t13?,14-,19+,20-/m1/s1. The molecule has 4 nitrogen and oxygen atoms in total. The van der Waals surface area contributed by atoms with Crippen LogP contribution in [-0.4, -0.2) is 41.2 Å². The Balaban J connectivity index is 1.69. The lowest BCUT2D eigenvalue weighted by Gasteiger charge is -2.50. The zero-order chi connectivity index (χ0) is 16.7. The Morgan fingerprint density at radius 1 is 1.42 bits per heavy atom. The molecular weight excluding hydrogens is 300 g/mol. The van der Waals surface area contributed by atoms with Gasteiger partial charge in [0.2, 0.25) is 0 Å². The predicted octanol–water partition coefficient (Wildman–Crippen LogP) is 3.17. The van der Waals surface area contributed by atoms with E-state index < -0.39 is 6.10 Å². The third kappa shape index (κ3) is 2.50. The van der Waals surface area contributed by atoms with Crippen molar-refractivity contribution in [1.29, 1.82) is 0 Å². The number of hydrogen-bond donors (Lipinski definition) is 1. The molecular formula is C20H24N2O2. The van der Waals surface area contributed by atoms with E-state index in [2.05, 4.69) is 22.5 Å². The van der Waals surface area contributed by atoms with Gasteiger partial charge in [-0.3, -0.25) is 9.88 Å². The molecule has 2 unspecified atom stereocenters. The van der Waals surface area contributed by atoms with Gasteiger partial charge in [-0.2, -0.15) is 0 Å². The van der Waals surface area contributed by atoms with Crippen molar-refractivity contribution in [2.45, 2.75) is 25.0 Å². The molecule has 1 aromatic carbocycles. The lowest BCUT2D eigenvalue weighted by molar-refractivity contribution is -0.0444. The molecule has 0 spiro atoms. The van der Waals surface area contributed by atoms with Gasteiger partial charge in [0.15, 0.2) is 0 Å². The number of pyridine rings is 1. The van der Waals surface area contributed by atoms with Crippen molar-refractivity contribution >= 4 is 10.9 Å². The van der Waals surface area contributed by atoms with Crippen molar-refractivity contribution in [2.24, 2.45) is 11.8 Å². The van der Waals surface area contributed by atoms with Gasteiger partial charge < -0.3 is 9.84 Å². The molecule has 1 aromatic heterocycles. The zero-order valence-electron chi connectivity index (χ0n) is 14.1. The molecule has 2 aromatic rings. The molecule has 4 heterocycles. The third-order valence-electron chi connectivity index (χ3n) is 5.82. The lowest BCUT2D eigenvalue weighted by Crippen LogP contribution is -2.54. The van der Waals surface area contributed by atoms with Crippen LogP contribution >= 0.6 is 0 Å². The van der Waals surface area contributed by atoms with Crippen molar-refractivity contribution in [1.82, 2.24) is 9.88 Å². The third-order valence-corrected chi connectivity index (χ3v) is 5.82. The summed E-state index contributed by atoms with van der Waals surface area (Å²) in [4.78, 5) is 6.86. The van der Waals surface area contributed by atoms with Crippen LogP contribution in [0.4, 0.5) is 0 Å². The SMILES string of the molecule is C=CC1CN2CC[C@@H]1C[C@H]2[C@H](O)c1ccnc2ccc(OC)cc12. The van der Waals surface area contributed by atoms with Crippen molar-refractivity contribution in [3.05, 3.63) is 48.7 Å². The van der Waals surface area contributed by atoms with Gasteiger partial charge in [-0.15, -0.1) is 6.58 Å². The zero-order valence-corrected chi connectivity index (χ0v) is 14.1. The Morgan fingerprint density at radius 3 is 3.00 bits per heavy atom. The van der Waals surface area contributed by atoms with Crippen LogP contribution in [0.1, 0.15) is 24.5 Å². The fourth-order valence-corrected chi connectivity index (χ4v) is 4.44. The minimum absolute atomic E-state index is 0.178. The van der Waals surface area contributed by atoms with E-state index in [4.69, 9.17) is 4.74 Å². The first kappa shape index (κ1) is 15.6. The second kappa shape index (κ2) is 6.19. The Kier molecular flexibility index (Phi) is 4.02. The molecule has 24 heavy (non-hydrogen) atoms. The largest absolute Gasteiger partial charge is 0.497 e. The Hall–Kier alpha value is -1.91. The van der Waals surface area contributed by atoms with Crippen LogP contribution in [0.2, 0.25) is 0 Å². The number of aliphatic hydroxyl groups excluding tert-OH is 1. The number of methoxy groups -OCH3 is 1. The molecule has 2 bridgehead atoms. The Bertz CT molecular complexity index is 760. The molecule has 0 aliphatic carbocycles. The Labute approximate surface area is 142 Å². The highest BCUT2D eigenvalue weighted by Crippen LogP contribution is 2.42. The van der Waals surface area contributed by atoms with Gasteiger partial charge in [-0.1, -0.05) is 6.08 Å². The number of hydrogen-bond acceptors (Lipinski definition) is 4. The maximum atomic E-state index is 11.2. The van der Waals surface area contributed by atoms with Crippen LogP contribution in [0, 0.1) is 11.8 Å². The maximum absolute atomic E-state index is 11.2. The molecule has 5 atom stereocenters. The Morgan fingerprint density at radius 2 is 2.29 bits per heavy atom. The van der Waals surface area contributed by atoms with Crippen LogP contribution in [-0.2, 0) is 0 Å². The van der Waals surface area contributed by atoms with Gasteiger partial charge in [0, 0.05) is 24.2 Å². The molecule has 3 aliphatic heterocycles. The van der Waals surface area contributed by atoms with E-state index in [1.807, 2.05) is 24.3 Å². The first-order valence-electron chi connectivity index (χ1n) is 8.68. The number of piperidine rings is 3. The van der Waals surface area contributed by atoms with Gasteiger partial charge in [0.25, 0.3) is 0 Å². The average molecular weight is 324 g/mol. The average Bonchev–Trinajstić information content (AvgIpc) is 2.66. The van der Waals surface area contributed by atoms with Gasteiger partial charge in [-0.05, 0) is 61.1 Å². The molecule has 0 radical (unpaired) electrons. The van der Waals surface area contributed by atoms with E-state index in [1.54, 1.807) is 13.3 Å². The second-order valence-electron chi connectivity index (χ2n) is 6.97. The fraction of sp³-hybridized carbons (Fsp3) is 0.450. The number of benzene rings is 1. The van der Waals surface area contributed by atoms with Crippen LogP contribution in [0.5, 0.6) is 5.75 Å². The summed E-state index contributed by atoms with van der Waals surface area (Å²) in [6.45, 7) is 6.07. The van der Waals surface area contributed by atoms with E-state index in [0.29, 0.717) is 11.8 Å². The normalized spacial score (nSPS) is 30.2. The van der Waals surface area contributed by atoms with Gasteiger partial charge in [-0.25, -0.2) is 0 Å². The second-order valence-corrected chi connectivity index (χ2v) is 6.97. The van der Waals surface area contributed by atoms with Gasteiger partial charge in [0.1, 0.15) is 5.75 Å². The van der Waals surface area contributed by atoms with E-state index in [0.717, 1.165) is 41.7 Å². The van der Waals surface area contributed by atoms with E-state index in [9.17, 15) is 5.11 Å². The van der Waals surface area contributed by atoms with Gasteiger partial charge in [0.05, 0.1) is 18.7 Å². The highest BCUT2D eigenvalue weighted by molar-refractivity contribution is 5.83. The minimum Gasteiger partial charge on any atom is -0.497 e. The van der Waals surface area contributed by atoms with Crippen molar-refractivity contribution in [2.75, 3.05) is 20.2 Å². The molecule has 3 aliphatic rings. The van der Waals surface area contributed by atoms with E-state index >= 15 is 0 Å². The smallest absolute Gasteiger partial charge is 0.119 e. The maximum Gasteiger partial charge on any atom is 0.119 e. The van der Waals surface area contributed by atoms with Crippen LogP contribution in [0.3, 0.4) is 0 Å². The monoisotopic (exact) mass is 324 g/mol. The van der Waals surface area contributed by atoms with Gasteiger partial charge >= 0.3 is 0 Å². The highest BCUT2D eigenvalue weighted by atomic mass is 16.5. The summed E-state index contributed by atoms with van der Waals surface area (Å²) >= 11 is 0.